The molecule has 0 aromatic carbocycles. The van der Waals surface area contributed by atoms with Crippen molar-refractivity contribution in [2.24, 2.45) is 0 Å². The van der Waals surface area contributed by atoms with Crippen LogP contribution in [-0.4, -0.2) is 17.0 Å². The molecule has 0 bridgehead atoms. The summed E-state index contributed by atoms with van der Waals surface area (Å²) in [4.78, 5) is 22.7. The van der Waals surface area contributed by atoms with Gasteiger partial charge in [0, 0.05) is 0 Å². The van der Waals surface area contributed by atoms with Gasteiger partial charge < -0.3 is 14.6 Å². The minimum Gasteiger partial charge on any atom is -0.449 e. The predicted octanol–water partition coefficient (Wildman–Crippen LogP) is 2.10. The fourth-order valence-corrected chi connectivity index (χ4v) is 2.21. The molecule has 6 heteroatoms. The minimum absolute atomic E-state index is 0.284. The van der Waals surface area contributed by atoms with Gasteiger partial charge in [0.25, 0.3) is 5.95 Å². The third-order valence-corrected chi connectivity index (χ3v) is 3.28. The first kappa shape index (κ1) is 10.7. The zero-order valence-electron chi connectivity index (χ0n) is 8.30. The maximum atomic E-state index is 11.7. The molecule has 1 aliphatic rings. The van der Waals surface area contributed by atoms with E-state index in [0.717, 1.165) is 6.08 Å². The molecule has 1 unspecified atom stereocenters. The zero-order chi connectivity index (χ0) is 11.8. The van der Waals surface area contributed by atoms with Crippen LogP contribution in [0.4, 0.5) is 4.79 Å². The van der Waals surface area contributed by atoms with Crippen molar-refractivity contribution in [2.75, 3.05) is 0 Å². The van der Waals surface area contributed by atoms with Crippen LogP contribution in [0.1, 0.15) is 11.8 Å². The summed E-state index contributed by atoms with van der Waals surface area (Å²) in [7, 11) is 0. The number of rotatable bonds is 2. The summed E-state index contributed by atoms with van der Waals surface area (Å²) in [6.07, 6.45) is -0.456. The Balaban J connectivity index is 2.23. The van der Waals surface area contributed by atoms with Crippen molar-refractivity contribution < 1.29 is 24.2 Å². The lowest BCUT2D eigenvalue weighted by Gasteiger charge is -2.21. The molecule has 0 saturated heterocycles. The van der Waals surface area contributed by atoms with Gasteiger partial charge in [-0.3, -0.25) is 4.79 Å². The highest BCUT2D eigenvalue weighted by molar-refractivity contribution is 7.10. The summed E-state index contributed by atoms with van der Waals surface area (Å²) in [5.74, 6) is -0.611. The van der Waals surface area contributed by atoms with Crippen LogP contribution in [0.5, 0.6) is 0 Å². The average molecular weight is 240 g/mol. The number of ketones is 1. The van der Waals surface area contributed by atoms with E-state index < -0.39 is 11.8 Å². The molecule has 1 N–H and O–H groups in total. The van der Waals surface area contributed by atoms with Crippen molar-refractivity contribution in [2.45, 2.75) is 12.5 Å². The number of ether oxygens (including phenoxy) is 2. The molecule has 1 aromatic heterocycles. The van der Waals surface area contributed by atoms with Crippen LogP contribution in [-0.2, 0) is 19.9 Å². The first-order chi connectivity index (χ1) is 7.52. The van der Waals surface area contributed by atoms with Crippen LogP contribution >= 0.6 is 11.3 Å². The van der Waals surface area contributed by atoms with E-state index >= 15 is 0 Å². The molecular formula is C10H8O5S. The lowest BCUT2D eigenvalue weighted by Crippen LogP contribution is -2.28. The third-order valence-electron chi connectivity index (χ3n) is 2.20. The smallest absolute Gasteiger partial charge is 0.449 e. The molecule has 0 radical (unpaired) electrons. The molecule has 2 rings (SSSR count). The maximum absolute atomic E-state index is 11.7. The van der Waals surface area contributed by atoms with E-state index in [2.05, 4.69) is 4.74 Å². The van der Waals surface area contributed by atoms with E-state index in [-0.39, 0.29) is 11.7 Å². The van der Waals surface area contributed by atoms with Crippen molar-refractivity contribution in [1.82, 2.24) is 0 Å². The second-order valence-electron chi connectivity index (χ2n) is 3.31. The van der Waals surface area contributed by atoms with Crippen LogP contribution < -0.4 is 0 Å². The second-order valence-corrected chi connectivity index (χ2v) is 4.26. The Morgan fingerprint density at radius 1 is 1.62 bits per heavy atom. The standard InChI is InChI=1S/C10H8O5S/c1-10(7-3-2-4-16-7)6(11)5-8(15-10)14-9(12)13/h2-5H,1H3,(H,12,13). The Morgan fingerprint density at radius 3 is 2.94 bits per heavy atom. The molecule has 1 aromatic rings. The van der Waals surface area contributed by atoms with Crippen molar-refractivity contribution >= 4 is 23.3 Å². The summed E-state index contributed by atoms with van der Waals surface area (Å²) in [6.45, 7) is 1.58. The average Bonchev–Trinajstić information content (AvgIpc) is 2.75. The van der Waals surface area contributed by atoms with Crippen LogP contribution in [0.2, 0.25) is 0 Å². The van der Waals surface area contributed by atoms with Gasteiger partial charge in [-0.05, 0) is 18.4 Å². The summed E-state index contributed by atoms with van der Waals surface area (Å²) in [5, 5.41) is 10.2. The van der Waals surface area contributed by atoms with E-state index in [9.17, 15) is 9.59 Å². The summed E-state index contributed by atoms with van der Waals surface area (Å²) in [5.41, 5.74) is -1.17. The Bertz CT molecular complexity index is 462. The lowest BCUT2D eigenvalue weighted by atomic mass is 10.0. The van der Waals surface area contributed by atoms with E-state index in [1.807, 2.05) is 5.38 Å². The highest BCUT2D eigenvalue weighted by Gasteiger charge is 2.44. The van der Waals surface area contributed by atoms with E-state index in [0.29, 0.717) is 4.88 Å². The maximum Gasteiger partial charge on any atom is 0.513 e. The van der Waals surface area contributed by atoms with Gasteiger partial charge in [-0.15, -0.1) is 11.3 Å². The number of hydrogen-bond donors (Lipinski definition) is 1. The Hall–Kier alpha value is -1.82. The van der Waals surface area contributed by atoms with Crippen LogP contribution in [0.15, 0.2) is 29.5 Å². The number of hydrogen-bond acceptors (Lipinski definition) is 5. The molecular weight excluding hydrogens is 232 g/mol. The number of carbonyl (C=O) groups is 2. The molecule has 84 valence electrons. The Labute approximate surface area is 94.9 Å². The predicted molar refractivity (Wildman–Crippen MR) is 55.0 cm³/mol. The largest absolute Gasteiger partial charge is 0.513 e. The summed E-state index contributed by atoms with van der Waals surface area (Å²) in [6, 6.07) is 3.54. The normalized spacial score (nSPS) is 23.8. The van der Waals surface area contributed by atoms with Gasteiger partial charge in [0.15, 0.2) is 0 Å². The minimum atomic E-state index is -1.51. The van der Waals surface area contributed by atoms with Gasteiger partial charge in [-0.2, -0.15) is 0 Å². The fourth-order valence-electron chi connectivity index (χ4n) is 1.38. The molecule has 1 aliphatic heterocycles. The van der Waals surface area contributed by atoms with Crippen molar-refractivity contribution in [3.63, 3.8) is 0 Å². The SMILES string of the molecule is CC1(c2cccs2)OC(OC(=O)O)=CC1=O. The molecule has 0 saturated carbocycles. The highest BCUT2D eigenvalue weighted by atomic mass is 32.1. The number of carboxylic acid groups (broad SMARTS) is 1. The van der Waals surface area contributed by atoms with Gasteiger partial charge in [0.2, 0.25) is 11.4 Å². The molecule has 0 amide bonds. The summed E-state index contributed by atoms with van der Waals surface area (Å²) >= 11 is 1.36. The van der Waals surface area contributed by atoms with Crippen molar-refractivity contribution in [1.29, 1.82) is 0 Å². The fraction of sp³-hybridized carbons (Fsp3) is 0.200. The van der Waals surface area contributed by atoms with Gasteiger partial charge in [0.1, 0.15) is 0 Å². The van der Waals surface area contributed by atoms with Gasteiger partial charge >= 0.3 is 6.16 Å². The number of carbonyl (C=O) groups excluding carboxylic acids is 1. The first-order valence-electron chi connectivity index (χ1n) is 4.42. The van der Waals surface area contributed by atoms with E-state index in [1.54, 1.807) is 19.1 Å². The number of thiophene rings is 1. The molecule has 2 heterocycles. The highest BCUT2D eigenvalue weighted by Crippen LogP contribution is 2.37. The van der Waals surface area contributed by atoms with Crippen LogP contribution in [0.3, 0.4) is 0 Å². The quantitative estimate of drug-likeness (QED) is 0.801. The molecule has 16 heavy (non-hydrogen) atoms. The summed E-state index contributed by atoms with van der Waals surface area (Å²) < 4.78 is 9.55. The molecule has 0 spiro atoms. The lowest BCUT2D eigenvalue weighted by molar-refractivity contribution is -0.132. The van der Waals surface area contributed by atoms with Crippen molar-refractivity contribution in [3.8, 4) is 0 Å². The Kier molecular flexibility index (Phi) is 2.43. The Morgan fingerprint density at radius 2 is 2.38 bits per heavy atom. The van der Waals surface area contributed by atoms with E-state index in [1.165, 1.54) is 11.3 Å². The van der Waals surface area contributed by atoms with Crippen molar-refractivity contribution in [3.05, 3.63) is 34.4 Å². The second kappa shape index (κ2) is 3.64. The van der Waals surface area contributed by atoms with E-state index in [4.69, 9.17) is 9.84 Å². The molecule has 0 fully saturated rings. The van der Waals surface area contributed by atoms with Gasteiger partial charge in [-0.25, -0.2) is 4.79 Å². The third kappa shape index (κ3) is 1.67. The monoisotopic (exact) mass is 240 g/mol. The molecule has 0 aliphatic carbocycles. The topological polar surface area (TPSA) is 72.8 Å². The molecule has 1 atom stereocenters. The first-order valence-corrected chi connectivity index (χ1v) is 5.30. The van der Waals surface area contributed by atoms with Gasteiger partial charge in [-0.1, -0.05) is 6.07 Å². The zero-order valence-corrected chi connectivity index (χ0v) is 9.11. The molecule has 5 nitrogen and oxygen atoms in total. The van der Waals surface area contributed by atoms with Gasteiger partial charge in [0.05, 0.1) is 11.0 Å². The van der Waals surface area contributed by atoms with Crippen LogP contribution in [0, 0.1) is 0 Å². The van der Waals surface area contributed by atoms with Crippen LogP contribution in [0.25, 0.3) is 0 Å².